The van der Waals surface area contributed by atoms with E-state index in [2.05, 4.69) is 20.9 Å². The van der Waals surface area contributed by atoms with Crippen LogP contribution in [-0.4, -0.2) is 16.1 Å². The molecule has 3 nitrogen and oxygen atoms in total. The SMILES string of the molecule is O=C(O)c1cc(Br)c2ccccc2n1. The highest BCUT2D eigenvalue weighted by Crippen LogP contribution is 2.23. The van der Waals surface area contributed by atoms with Gasteiger partial charge in [0.15, 0.2) is 0 Å². The second kappa shape index (κ2) is 3.38. The number of carboxylic acids is 1. The Morgan fingerprint density at radius 3 is 2.79 bits per heavy atom. The van der Waals surface area contributed by atoms with Gasteiger partial charge in [-0.3, -0.25) is 0 Å². The molecule has 1 N–H and O–H groups in total. The van der Waals surface area contributed by atoms with Gasteiger partial charge in [0, 0.05) is 9.86 Å². The molecule has 0 aliphatic carbocycles. The summed E-state index contributed by atoms with van der Waals surface area (Å²) in [6, 6.07) is 8.89. The normalized spacial score (nSPS) is 10.4. The van der Waals surface area contributed by atoms with Crippen LogP contribution in [0.1, 0.15) is 10.5 Å². The van der Waals surface area contributed by atoms with Crippen LogP contribution < -0.4 is 0 Å². The largest absolute Gasteiger partial charge is 0.477 e. The molecule has 0 atom stereocenters. The first kappa shape index (κ1) is 9.15. The second-order valence-electron chi connectivity index (χ2n) is 2.81. The number of benzene rings is 1. The molecule has 70 valence electrons. The van der Waals surface area contributed by atoms with Gasteiger partial charge in [0.1, 0.15) is 5.69 Å². The van der Waals surface area contributed by atoms with E-state index >= 15 is 0 Å². The monoisotopic (exact) mass is 251 g/mol. The molecule has 0 aliphatic rings. The zero-order valence-electron chi connectivity index (χ0n) is 7.07. The van der Waals surface area contributed by atoms with E-state index in [9.17, 15) is 4.79 Å². The molecular formula is C10H6BrNO2. The van der Waals surface area contributed by atoms with Crippen LogP contribution in [0, 0.1) is 0 Å². The molecule has 1 heterocycles. The van der Waals surface area contributed by atoms with Crippen LogP contribution in [0.15, 0.2) is 34.8 Å². The fourth-order valence-electron chi connectivity index (χ4n) is 1.24. The second-order valence-corrected chi connectivity index (χ2v) is 3.67. The van der Waals surface area contributed by atoms with E-state index in [0.29, 0.717) is 5.52 Å². The maximum atomic E-state index is 10.7. The van der Waals surface area contributed by atoms with E-state index in [1.165, 1.54) is 6.07 Å². The maximum absolute atomic E-state index is 10.7. The molecule has 0 radical (unpaired) electrons. The summed E-state index contributed by atoms with van der Waals surface area (Å²) in [6.07, 6.45) is 0. The molecule has 0 bridgehead atoms. The van der Waals surface area contributed by atoms with Gasteiger partial charge in [0.05, 0.1) is 5.52 Å². The van der Waals surface area contributed by atoms with Gasteiger partial charge in [-0.1, -0.05) is 34.1 Å². The predicted octanol–water partition coefficient (Wildman–Crippen LogP) is 2.70. The van der Waals surface area contributed by atoms with Gasteiger partial charge >= 0.3 is 5.97 Å². The number of rotatable bonds is 1. The molecule has 0 aliphatic heterocycles. The molecule has 0 amide bonds. The van der Waals surface area contributed by atoms with Gasteiger partial charge in [0.25, 0.3) is 0 Å². The quantitative estimate of drug-likeness (QED) is 0.848. The van der Waals surface area contributed by atoms with Crippen molar-refractivity contribution in [3.05, 3.63) is 40.5 Å². The number of fused-ring (bicyclic) bond motifs is 1. The number of halogens is 1. The van der Waals surface area contributed by atoms with E-state index < -0.39 is 5.97 Å². The molecule has 0 spiro atoms. The van der Waals surface area contributed by atoms with Crippen LogP contribution in [0.2, 0.25) is 0 Å². The first-order valence-corrected chi connectivity index (χ1v) is 4.76. The van der Waals surface area contributed by atoms with Gasteiger partial charge in [-0.2, -0.15) is 0 Å². The smallest absolute Gasteiger partial charge is 0.354 e. The minimum Gasteiger partial charge on any atom is -0.477 e. The third-order valence-electron chi connectivity index (χ3n) is 1.88. The summed E-state index contributed by atoms with van der Waals surface area (Å²) < 4.78 is 0.750. The summed E-state index contributed by atoms with van der Waals surface area (Å²) in [4.78, 5) is 14.7. The van der Waals surface area contributed by atoms with Crippen molar-refractivity contribution in [1.29, 1.82) is 0 Å². The van der Waals surface area contributed by atoms with Crippen molar-refractivity contribution in [3.8, 4) is 0 Å². The molecule has 1 aromatic carbocycles. The minimum atomic E-state index is -1.02. The van der Waals surface area contributed by atoms with Gasteiger partial charge in [-0.25, -0.2) is 9.78 Å². The van der Waals surface area contributed by atoms with Gasteiger partial charge < -0.3 is 5.11 Å². The Balaban J connectivity index is 2.78. The summed E-state index contributed by atoms with van der Waals surface area (Å²) in [6.45, 7) is 0. The Labute approximate surface area is 88.5 Å². The van der Waals surface area contributed by atoms with E-state index in [-0.39, 0.29) is 5.69 Å². The highest BCUT2D eigenvalue weighted by molar-refractivity contribution is 9.10. The average Bonchev–Trinajstić information content (AvgIpc) is 2.17. The van der Waals surface area contributed by atoms with Crippen molar-refractivity contribution in [3.63, 3.8) is 0 Å². The lowest BCUT2D eigenvalue weighted by molar-refractivity contribution is 0.0691. The van der Waals surface area contributed by atoms with Crippen molar-refractivity contribution in [2.75, 3.05) is 0 Å². The molecule has 0 saturated heterocycles. The molecule has 0 saturated carbocycles. The van der Waals surface area contributed by atoms with Gasteiger partial charge in [-0.05, 0) is 12.1 Å². The van der Waals surface area contributed by atoms with Gasteiger partial charge in [-0.15, -0.1) is 0 Å². The number of hydrogen-bond acceptors (Lipinski definition) is 2. The molecule has 0 unspecified atom stereocenters. The van der Waals surface area contributed by atoms with Crippen molar-refractivity contribution in [2.24, 2.45) is 0 Å². The highest BCUT2D eigenvalue weighted by atomic mass is 79.9. The summed E-state index contributed by atoms with van der Waals surface area (Å²) in [7, 11) is 0. The molecule has 14 heavy (non-hydrogen) atoms. The topological polar surface area (TPSA) is 50.2 Å². The molecule has 1 aromatic heterocycles. The Kier molecular flexibility index (Phi) is 2.21. The summed E-state index contributed by atoms with van der Waals surface area (Å²) in [5, 5.41) is 9.70. The Bertz CT molecular complexity index is 510. The molecule has 2 aromatic rings. The van der Waals surface area contributed by atoms with Crippen molar-refractivity contribution in [2.45, 2.75) is 0 Å². The number of nitrogens with zero attached hydrogens (tertiary/aromatic N) is 1. The number of hydrogen-bond donors (Lipinski definition) is 1. The van der Waals surface area contributed by atoms with E-state index in [1.807, 2.05) is 18.2 Å². The Hall–Kier alpha value is -1.42. The Morgan fingerprint density at radius 1 is 1.36 bits per heavy atom. The standard InChI is InChI=1S/C10H6BrNO2/c11-7-5-9(10(13)14)12-8-4-2-1-3-6(7)8/h1-5H,(H,13,14). The highest BCUT2D eigenvalue weighted by Gasteiger charge is 2.08. The fourth-order valence-corrected chi connectivity index (χ4v) is 1.79. The van der Waals surface area contributed by atoms with Crippen molar-refractivity contribution >= 4 is 32.8 Å². The Morgan fingerprint density at radius 2 is 2.07 bits per heavy atom. The summed E-state index contributed by atoms with van der Waals surface area (Å²) >= 11 is 3.31. The molecule has 2 rings (SSSR count). The third kappa shape index (κ3) is 1.48. The van der Waals surface area contributed by atoms with E-state index in [1.54, 1.807) is 6.07 Å². The zero-order chi connectivity index (χ0) is 10.1. The van der Waals surface area contributed by atoms with Crippen LogP contribution in [0.5, 0.6) is 0 Å². The van der Waals surface area contributed by atoms with E-state index in [4.69, 9.17) is 5.11 Å². The minimum absolute atomic E-state index is 0.0515. The number of para-hydroxylation sites is 1. The van der Waals surface area contributed by atoms with Gasteiger partial charge in [0.2, 0.25) is 0 Å². The lowest BCUT2D eigenvalue weighted by Gasteiger charge is -2.01. The number of pyridine rings is 1. The van der Waals surface area contributed by atoms with Crippen molar-refractivity contribution in [1.82, 2.24) is 4.98 Å². The van der Waals surface area contributed by atoms with Crippen LogP contribution in [0.4, 0.5) is 0 Å². The van der Waals surface area contributed by atoms with Crippen LogP contribution in [0.3, 0.4) is 0 Å². The number of aromatic nitrogens is 1. The van der Waals surface area contributed by atoms with Crippen LogP contribution in [-0.2, 0) is 0 Å². The lowest BCUT2D eigenvalue weighted by Crippen LogP contribution is -2.00. The molecule has 0 fully saturated rings. The van der Waals surface area contributed by atoms with Crippen LogP contribution in [0.25, 0.3) is 10.9 Å². The first-order valence-electron chi connectivity index (χ1n) is 3.97. The average molecular weight is 252 g/mol. The zero-order valence-corrected chi connectivity index (χ0v) is 8.65. The molecular weight excluding hydrogens is 246 g/mol. The van der Waals surface area contributed by atoms with E-state index in [0.717, 1.165) is 9.86 Å². The fraction of sp³-hybridized carbons (Fsp3) is 0. The summed E-state index contributed by atoms with van der Waals surface area (Å²) in [5.41, 5.74) is 0.731. The number of carbonyl (C=O) groups is 1. The third-order valence-corrected chi connectivity index (χ3v) is 2.54. The lowest BCUT2D eigenvalue weighted by atomic mass is 10.2. The summed E-state index contributed by atoms with van der Waals surface area (Å²) in [5.74, 6) is -1.02. The van der Waals surface area contributed by atoms with Crippen LogP contribution >= 0.6 is 15.9 Å². The number of aromatic carboxylic acids is 1. The maximum Gasteiger partial charge on any atom is 0.354 e. The predicted molar refractivity (Wildman–Crippen MR) is 56.4 cm³/mol. The molecule has 4 heteroatoms. The van der Waals surface area contributed by atoms with Crippen molar-refractivity contribution < 1.29 is 9.90 Å². The number of carboxylic acid groups (broad SMARTS) is 1. The first-order chi connectivity index (χ1) is 6.68.